The van der Waals surface area contributed by atoms with Gasteiger partial charge in [0.25, 0.3) is 0 Å². The van der Waals surface area contributed by atoms with E-state index in [1.54, 1.807) is 0 Å². The molecule has 3 heterocycles. The maximum absolute atomic E-state index is 2.61. The van der Waals surface area contributed by atoms with E-state index in [0.29, 0.717) is 0 Å². The molecule has 0 saturated heterocycles. The Hall–Kier alpha value is -5.86. The molecule has 3 aromatic heterocycles. The lowest BCUT2D eigenvalue weighted by Crippen LogP contribution is -2.42. The van der Waals surface area contributed by atoms with Gasteiger partial charge in [-0.15, -0.1) is 0 Å². The van der Waals surface area contributed by atoms with E-state index in [-0.39, 0.29) is 21.7 Å². The summed E-state index contributed by atoms with van der Waals surface area (Å²) in [6, 6.07) is 51.2. The third-order valence-electron chi connectivity index (χ3n) is 15.7. The largest absolute Gasteiger partial charge is 0.309 e. The van der Waals surface area contributed by atoms with Gasteiger partial charge >= 0.3 is 0 Å². The van der Waals surface area contributed by atoms with Crippen molar-refractivity contribution < 1.29 is 0 Å². The zero-order valence-electron chi connectivity index (χ0n) is 33.6. The molecule has 2 aliphatic rings. The van der Waals surface area contributed by atoms with E-state index in [1.807, 2.05) is 0 Å². The predicted molar refractivity (Wildman–Crippen MR) is 238 cm³/mol. The van der Waals surface area contributed by atoms with Gasteiger partial charge in [-0.2, -0.15) is 0 Å². The zero-order chi connectivity index (χ0) is 38.3. The van der Waals surface area contributed by atoms with Crippen LogP contribution < -0.4 is 0 Å². The molecule has 2 nitrogen and oxygen atoms in total. The fourth-order valence-electron chi connectivity index (χ4n) is 11.6. The Bertz CT molecular complexity index is 3270. The number of aromatic nitrogens is 2. The highest BCUT2D eigenvalue weighted by atomic mass is 15.0. The standard InChI is InChI=1S/C54H46N2/c1-51(2)39-21-13-9-19-34(39)48-40(51)25-26-46-49(48)35-20-12-16-24-45(35)55(46)47-30-42-41(52(3,4)54(7,8)53(42,5)6)29-36(47)31-27-37-32-17-10-14-22-43(32)56-44-23-15-11-18-33(44)38(28-31)50(37)56/h9-30H,1-8H3. The van der Waals surface area contributed by atoms with Crippen LogP contribution >= 0.6 is 0 Å². The molecule has 0 amide bonds. The Kier molecular flexibility index (Phi) is 5.85. The number of rotatable bonds is 2. The van der Waals surface area contributed by atoms with Crippen molar-refractivity contribution >= 4 is 59.9 Å². The number of hydrogen-bond donors (Lipinski definition) is 0. The van der Waals surface area contributed by atoms with Gasteiger partial charge in [0.05, 0.1) is 33.3 Å². The molecule has 0 bridgehead atoms. The summed E-state index contributed by atoms with van der Waals surface area (Å²) in [5.41, 5.74) is 18.5. The van der Waals surface area contributed by atoms with Gasteiger partial charge in [0.15, 0.2) is 0 Å². The van der Waals surface area contributed by atoms with Crippen molar-refractivity contribution in [2.45, 2.75) is 71.6 Å². The van der Waals surface area contributed by atoms with Crippen molar-refractivity contribution in [1.82, 2.24) is 8.97 Å². The van der Waals surface area contributed by atoms with E-state index < -0.39 is 0 Å². The van der Waals surface area contributed by atoms with Gasteiger partial charge in [-0.3, -0.25) is 0 Å². The molecule has 56 heavy (non-hydrogen) atoms. The molecule has 0 radical (unpaired) electrons. The maximum Gasteiger partial charge on any atom is 0.0620 e. The number of para-hydroxylation sites is 3. The van der Waals surface area contributed by atoms with E-state index in [4.69, 9.17) is 0 Å². The molecule has 2 aliphatic carbocycles. The molecule has 0 atom stereocenters. The van der Waals surface area contributed by atoms with Crippen LogP contribution in [0.5, 0.6) is 0 Å². The monoisotopic (exact) mass is 722 g/mol. The Morgan fingerprint density at radius 2 is 0.964 bits per heavy atom. The molecular formula is C54H46N2. The van der Waals surface area contributed by atoms with Gasteiger partial charge in [-0.05, 0) is 104 Å². The molecular weight excluding hydrogens is 677 g/mol. The Morgan fingerprint density at radius 3 is 1.62 bits per heavy atom. The Labute approximate surface area is 328 Å². The summed E-state index contributed by atoms with van der Waals surface area (Å²) in [7, 11) is 0. The fraction of sp³-hybridized carbons (Fsp3) is 0.222. The van der Waals surface area contributed by atoms with Gasteiger partial charge in [0, 0.05) is 43.3 Å². The molecule has 0 N–H and O–H groups in total. The minimum atomic E-state index is -0.0726. The van der Waals surface area contributed by atoms with E-state index in [9.17, 15) is 0 Å². The van der Waals surface area contributed by atoms with E-state index in [1.165, 1.54) is 110 Å². The minimum absolute atomic E-state index is 0.0273. The first-order valence-corrected chi connectivity index (χ1v) is 20.4. The third kappa shape index (κ3) is 3.57. The first-order valence-electron chi connectivity index (χ1n) is 20.4. The van der Waals surface area contributed by atoms with Crippen molar-refractivity contribution in [3.8, 4) is 27.9 Å². The van der Waals surface area contributed by atoms with Crippen LogP contribution in [0.15, 0.2) is 133 Å². The number of fused-ring (bicyclic) bond motifs is 14. The normalized spacial score (nSPS) is 17.5. The second kappa shape index (κ2) is 10.1. The number of benzene rings is 7. The summed E-state index contributed by atoms with van der Waals surface area (Å²) in [6.07, 6.45) is 0. The van der Waals surface area contributed by atoms with Crippen molar-refractivity contribution in [3.05, 3.63) is 156 Å². The maximum atomic E-state index is 2.61. The lowest BCUT2D eigenvalue weighted by molar-refractivity contribution is 0.125. The van der Waals surface area contributed by atoms with Crippen LogP contribution in [0.3, 0.4) is 0 Å². The van der Waals surface area contributed by atoms with Gasteiger partial charge < -0.3 is 8.97 Å². The van der Waals surface area contributed by atoms with Crippen LogP contribution in [0.4, 0.5) is 0 Å². The first-order chi connectivity index (χ1) is 26.8. The molecule has 0 spiro atoms. The van der Waals surface area contributed by atoms with Crippen LogP contribution in [0.2, 0.25) is 0 Å². The number of hydrogen-bond acceptors (Lipinski definition) is 0. The highest BCUT2D eigenvalue weighted by Crippen LogP contribution is 2.63. The second-order valence-corrected chi connectivity index (χ2v) is 19.0. The third-order valence-corrected chi connectivity index (χ3v) is 15.7. The van der Waals surface area contributed by atoms with E-state index in [0.717, 1.165) is 0 Å². The summed E-state index contributed by atoms with van der Waals surface area (Å²) in [5, 5.41) is 7.90. The SMILES string of the molecule is CC1(C)c2ccccc2-c2c1ccc1c2c2ccccc2n1-c1cc2c(cc1-c1cc3c4ccccc4n4c5ccccc5c(c1)c34)C(C)(C)C(C)(C)C2(C)C. The van der Waals surface area contributed by atoms with Crippen LogP contribution in [0.1, 0.15) is 77.6 Å². The van der Waals surface area contributed by atoms with Gasteiger partial charge in [-0.25, -0.2) is 0 Å². The molecule has 0 unspecified atom stereocenters. The molecule has 0 aliphatic heterocycles. The molecule has 2 heteroatoms. The van der Waals surface area contributed by atoms with Crippen LogP contribution in [0, 0.1) is 5.41 Å². The van der Waals surface area contributed by atoms with Crippen LogP contribution in [-0.4, -0.2) is 8.97 Å². The summed E-state index contributed by atoms with van der Waals surface area (Å²) in [4.78, 5) is 0. The summed E-state index contributed by atoms with van der Waals surface area (Å²) in [6.45, 7) is 19.6. The Balaban J connectivity index is 1.26. The fourth-order valence-corrected chi connectivity index (χ4v) is 11.6. The van der Waals surface area contributed by atoms with E-state index in [2.05, 4.69) is 198 Å². The first kappa shape index (κ1) is 32.4. The summed E-state index contributed by atoms with van der Waals surface area (Å²) >= 11 is 0. The topological polar surface area (TPSA) is 9.34 Å². The minimum Gasteiger partial charge on any atom is -0.309 e. The van der Waals surface area contributed by atoms with Crippen LogP contribution in [0.25, 0.3) is 87.8 Å². The Morgan fingerprint density at radius 1 is 0.411 bits per heavy atom. The number of nitrogens with zero attached hydrogens (tertiary/aromatic N) is 2. The van der Waals surface area contributed by atoms with E-state index >= 15 is 0 Å². The summed E-state index contributed by atoms with van der Waals surface area (Å²) < 4.78 is 5.10. The highest BCUT2D eigenvalue weighted by molar-refractivity contribution is 6.25. The van der Waals surface area contributed by atoms with Crippen molar-refractivity contribution in [2.24, 2.45) is 5.41 Å². The second-order valence-electron chi connectivity index (χ2n) is 19.0. The van der Waals surface area contributed by atoms with Crippen molar-refractivity contribution in [3.63, 3.8) is 0 Å². The predicted octanol–water partition coefficient (Wildman–Crippen LogP) is 14.5. The molecule has 12 rings (SSSR count). The van der Waals surface area contributed by atoms with Gasteiger partial charge in [-0.1, -0.05) is 140 Å². The average molecular weight is 723 g/mol. The average Bonchev–Trinajstić information content (AvgIpc) is 3.91. The summed E-state index contributed by atoms with van der Waals surface area (Å²) in [5.74, 6) is 0. The van der Waals surface area contributed by atoms with Crippen molar-refractivity contribution in [2.75, 3.05) is 0 Å². The lowest BCUT2D eigenvalue weighted by Gasteiger charge is -2.44. The molecule has 7 aromatic carbocycles. The molecule has 0 fully saturated rings. The lowest BCUT2D eigenvalue weighted by atomic mass is 9.59. The van der Waals surface area contributed by atoms with Crippen LogP contribution in [-0.2, 0) is 16.2 Å². The zero-order valence-corrected chi connectivity index (χ0v) is 33.6. The van der Waals surface area contributed by atoms with Gasteiger partial charge in [0.2, 0.25) is 0 Å². The van der Waals surface area contributed by atoms with Crippen molar-refractivity contribution in [1.29, 1.82) is 0 Å². The smallest absolute Gasteiger partial charge is 0.0620 e. The quantitative estimate of drug-likeness (QED) is 0.168. The molecule has 0 saturated carbocycles. The van der Waals surface area contributed by atoms with Gasteiger partial charge in [0.1, 0.15) is 0 Å². The molecule has 10 aromatic rings. The molecule has 272 valence electrons. The highest BCUT2D eigenvalue weighted by Gasteiger charge is 2.57.